The SMILES string of the molecule is COC(=O)[C@@H]1[C@@H]2CCC(C[C@H]1c1ccc(Br)cc1)O2. The van der Waals surface area contributed by atoms with Crippen molar-refractivity contribution in [2.45, 2.75) is 37.4 Å². The second kappa shape index (κ2) is 5.25. The van der Waals surface area contributed by atoms with Crippen LogP contribution in [0.4, 0.5) is 0 Å². The second-order valence-electron chi connectivity index (χ2n) is 5.32. The summed E-state index contributed by atoms with van der Waals surface area (Å²) in [6, 6.07) is 8.24. The highest BCUT2D eigenvalue weighted by atomic mass is 79.9. The zero-order chi connectivity index (χ0) is 13.4. The molecule has 0 N–H and O–H groups in total. The molecule has 0 radical (unpaired) electrons. The number of hydrogen-bond acceptors (Lipinski definition) is 3. The molecule has 4 heteroatoms. The Hall–Kier alpha value is -0.870. The number of esters is 1. The van der Waals surface area contributed by atoms with Gasteiger partial charge >= 0.3 is 5.97 Å². The molecule has 0 amide bonds. The highest BCUT2D eigenvalue weighted by molar-refractivity contribution is 9.10. The van der Waals surface area contributed by atoms with Crippen molar-refractivity contribution < 1.29 is 14.3 Å². The molecule has 0 spiro atoms. The van der Waals surface area contributed by atoms with Crippen molar-refractivity contribution in [1.29, 1.82) is 0 Å². The van der Waals surface area contributed by atoms with Crippen LogP contribution < -0.4 is 0 Å². The van der Waals surface area contributed by atoms with E-state index in [4.69, 9.17) is 9.47 Å². The van der Waals surface area contributed by atoms with Crippen LogP contribution >= 0.6 is 15.9 Å². The van der Waals surface area contributed by atoms with Crippen LogP contribution in [0.2, 0.25) is 0 Å². The van der Waals surface area contributed by atoms with Gasteiger partial charge in [-0.1, -0.05) is 28.1 Å². The lowest BCUT2D eigenvalue weighted by atomic mass is 9.79. The van der Waals surface area contributed by atoms with E-state index in [9.17, 15) is 4.79 Å². The molecule has 0 aliphatic carbocycles. The van der Waals surface area contributed by atoms with E-state index in [1.165, 1.54) is 12.7 Å². The van der Waals surface area contributed by atoms with Gasteiger partial charge in [-0.3, -0.25) is 4.79 Å². The normalized spacial score (nSPS) is 33.2. The Morgan fingerprint density at radius 2 is 2.05 bits per heavy atom. The van der Waals surface area contributed by atoms with Gasteiger partial charge in [0.2, 0.25) is 0 Å². The molecule has 2 aliphatic rings. The van der Waals surface area contributed by atoms with Gasteiger partial charge in [0.1, 0.15) is 0 Å². The van der Waals surface area contributed by atoms with Gasteiger partial charge in [0, 0.05) is 10.4 Å². The van der Waals surface area contributed by atoms with Crippen LogP contribution in [0.5, 0.6) is 0 Å². The number of rotatable bonds is 2. The smallest absolute Gasteiger partial charge is 0.311 e. The van der Waals surface area contributed by atoms with Crippen LogP contribution in [0, 0.1) is 5.92 Å². The average molecular weight is 325 g/mol. The van der Waals surface area contributed by atoms with E-state index < -0.39 is 0 Å². The Bertz CT molecular complexity index is 471. The highest BCUT2D eigenvalue weighted by Crippen LogP contribution is 2.45. The summed E-state index contributed by atoms with van der Waals surface area (Å²) in [6.07, 6.45) is 3.28. The van der Waals surface area contributed by atoms with Gasteiger partial charge in [-0.2, -0.15) is 0 Å². The zero-order valence-electron chi connectivity index (χ0n) is 10.8. The first-order chi connectivity index (χ1) is 9.19. The highest BCUT2D eigenvalue weighted by Gasteiger charge is 2.47. The fourth-order valence-corrected chi connectivity index (χ4v) is 3.63. The summed E-state index contributed by atoms with van der Waals surface area (Å²) in [5.41, 5.74) is 1.21. The Morgan fingerprint density at radius 3 is 2.74 bits per heavy atom. The van der Waals surface area contributed by atoms with E-state index in [1.807, 2.05) is 12.1 Å². The van der Waals surface area contributed by atoms with Gasteiger partial charge in [0.05, 0.1) is 25.2 Å². The number of fused-ring (bicyclic) bond motifs is 2. The summed E-state index contributed by atoms with van der Waals surface area (Å²) in [4.78, 5) is 12.1. The van der Waals surface area contributed by atoms with Crippen molar-refractivity contribution in [2.75, 3.05) is 7.11 Å². The summed E-state index contributed by atoms with van der Waals surface area (Å²) in [6.45, 7) is 0. The molecule has 1 aromatic rings. The lowest BCUT2D eigenvalue weighted by Crippen LogP contribution is -2.39. The third-order valence-corrected chi connectivity index (χ3v) is 4.79. The number of carbonyl (C=O) groups excluding carboxylic acids is 1. The van der Waals surface area contributed by atoms with Gasteiger partial charge in [-0.05, 0) is 37.0 Å². The summed E-state index contributed by atoms with van der Waals surface area (Å²) >= 11 is 3.45. The molecule has 102 valence electrons. The minimum absolute atomic E-state index is 0.0276. The Morgan fingerprint density at radius 1 is 1.32 bits per heavy atom. The molecule has 0 aromatic heterocycles. The van der Waals surface area contributed by atoms with E-state index >= 15 is 0 Å². The van der Waals surface area contributed by atoms with Gasteiger partial charge in [-0.15, -0.1) is 0 Å². The lowest BCUT2D eigenvalue weighted by molar-refractivity contribution is -0.156. The van der Waals surface area contributed by atoms with Crippen molar-refractivity contribution in [3.05, 3.63) is 34.3 Å². The second-order valence-corrected chi connectivity index (χ2v) is 6.23. The molecule has 2 heterocycles. The maximum Gasteiger partial charge on any atom is 0.311 e. The maximum atomic E-state index is 12.1. The minimum atomic E-state index is -0.162. The molecule has 2 fully saturated rings. The number of carbonyl (C=O) groups is 1. The molecular weight excluding hydrogens is 308 g/mol. The number of benzene rings is 1. The van der Waals surface area contributed by atoms with Crippen LogP contribution in [0.3, 0.4) is 0 Å². The first-order valence-electron chi connectivity index (χ1n) is 6.68. The molecule has 1 unspecified atom stereocenters. The van der Waals surface area contributed by atoms with Gasteiger partial charge < -0.3 is 9.47 Å². The van der Waals surface area contributed by atoms with E-state index in [-0.39, 0.29) is 23.9 Å². The van der Waals surface area contributed by atoms with Gasteiger partial charge in [0.25, 0.3) is 0 Å². The average Bonchev–Trinajstić information content (AvgIpc) is 2.80. The minimum Gasteiger partial charge on any atom is -0.469 e. The van der Waals surface area contributed by atoms with E-state index in [1.54, 1.807) is 0 Å². The molecule has 2 bridgehead atoms. The summed E-state index contributed by atoms with van der Waals surface area (Å²) < 4.78 is 11.9. The molecule has 4 atom stereocenters. The van der Waals surface area contributed by atoms with Crippen molar-refractivity contribution in [2.24, 2.45) is 5.92 Å². The standard InChI is InChI=1S/C15H17BrO3/c1-18-15(17)14-12(8-11-6-7-13(14)19-11)9-2-4-10(16)5-3-9/h2-5,11-14H,6-8H2,1H3/t11?,12-,13-,14-/m0/s1. The van der Waals surface area contributed by atoms with E-state index in [2.05, 4.69) is 28.1 Å². The molecule has 2 aliphatic heterocycles. The van der Waals surface area contributed by atoms with Crippen molar-refractivity contribution in [3.8, 4) is 0 Å². The number of ether oxygens (including phenoxy) is 2. The van der Waals surface area contributed by atoms with Crippen LogP contribution in [-0.2, 0) is 14.3 Å². The third-order valence-electron chi connectivity index (χ3n) is 4.26. The predicted octanol–water partition coefficient (Wildman–Crippen LogP) is 3.27. The van der Waals surface area contributed by atoms with Crippen molar-refractivity contribution in [3.63, 3.8) is 0 Å². The van der Waals surface area contributed by atoms with Crippen LogP contribution in [-0.4, -0.2) is 25.3 Å². The predicted molar refractivity (Wildman–Crippen MR) is 74.9 cm³/mol. The van der Waals surface area contributed by atoms with Crippen LogP contribution in [0.1, 0.15) is 30.7 Å². The molecule has 1 aromatic carbocycles. The van der Waals surface area contributed by atoms with Gasteiger partial charge in [0.15, 0.2) is 0 Å². The monoisotopic (exact) mass is 324 g/mol. The Kier molecular flexibility index (Phi) is 3.63. The van der Waals surface area contributed by atoms with E-state index in [0.717, 1.165) is 23.7 Å². The molecule has 19 heavy (non-hydrogen) atoms. The Labute approximate surface area is 121 Å². The maximum absolute atomic E-state index is 12.1. The molecule has 2 saturated heterocycles. The summed E-state index contributed by atoms with van der Waals surface area (Å²) in [7, 11) is 1.46. The van der Waals surface area contributed by atoms with Crippen LogP contribution in [0.25, 0.3) is 0 Å². The lowest BCUT2D eigenvalue weighted by Gasteiger charge is -2.35. The molecular formula is C15H17BrO3. The first-order valence-corrected chi connectivity index (χ1v) is 7.47. The zero-order valence-corrected chi connectivity index (χ0v) is 12.4. The van der Waals surface area contributed by atoms with E-state index in [0.29, 0.717) is 6.10 Å². The number of hydrogen-bond donors (Lipinski definition) is 0. The fraction of sp³-hybridized carbons (Fsp3) is 0.533. The molecule has 0 saturated carbocycles. The fourth-order valence-electron chi connectivity index (χ4n) is 3.37. The van der Waals surface area contributed by atoms with Crippen molar-refractivity contribution >= 4 is 21.9 Å². The first kappa shape index (κ1) is 13.1. The topological polar surface area (TPSA) is 35.5 Å². The van der Waals surface area contributed by atoms with Crippen molar-refractivity contribution in [1.82, 2.24) is 0 Å². The summed E-state index contributed by atoms with van der Waals surface area (Å²) in [5.74, 6) is -0.0880. The largest absolute Gasteiger partial charge is 0.469 e. The van der Waals surface area contributed by atoms with Gasteiger partial charge in [-0.25, -0.2) is 0 Å². The number of halogens is 1. The quantitative estimate of drug-likeness (QED) is 0.783. The Balaban J connectivity index is 1.92. The molecule has 3 rings (SSSR count). The molecule has 3 nitrogen and oxygen atoms in total. The number of methoxy groups -OCH3 is 1. The van der Waals surface area contributed by atoms with Crippen LogP contribution in [0.15, 0.2) is 28.7 Å². The summed E-state index contributed by atoms with van der Waals surface area (Å²) in [5, 5.41) is 0. The third kappa shape index (κ3) is 2.43.